The van der Waals surface area contributed by atoms with Gasteiger partial charge in [0.25, 0.3) is 0 Å². The van der Waals surface area contributed by atoms with Crippen molar-refractivity contribution in [1.29, 1.82) is 0 Å². The molecule has 1 spiro atoms. The zero-order chi connectivity index (χ0) is 14.4. The van der Waals surface area contributed by atoms with Gasteiger partial charge in [-0.3, -0.25) is 4.79 Å². The Balaban J connectivity index is 1.80. The minimum Gasteiger partial charge on any atom is -0.394 e. The summed E-state index contributed by atoms with van der Waals surface area (Å²) in [5.74, 6) is 0.176. The van der Waals surface area contributed by atoms with Gasteiger partial charge in [-0.15, -0.1) is 0 Å². The van der Waals surface area contributed by atoms with E-state index < -0.39 is 5.54 Å². The minimum absolute atomic E-state index is 0.0327. The molecule has 0 bridgehead atoms. The highest BCUT2D eigenvalue weighted by molar-refractivity contribution is 5.85. The Labute approximate surface area is 120 Å². The van der Waals surface area contributed by atoms with Crippen LogP contribution in [0.15, 0.2) is 24.3 Å². The van der Waals surface area contributed by atoms with Gasteiger partial charge < -0.3 is 10.4 Å². The normalized spacial score (nSPS) is 28.1. The first-order valence-corrected chi connectivity index (χ1v) is 7.50. The second kappa shape index (κ2) is 4.59. The van der Waals surface area contributed by atoms with E-state index in [-0.39, 0.29) is 23.8 Å². The van der Waals surface area contributed by atoms with Crippen molar-refractivity contribution in [3.63, 3.8) is 0 Å². The lowest BCUT2D eigenvalue weighted by Crippen LogP contribution is -2.47. The summed E-state index contributed by atoms with van der Waals surface area (Å²) in [4.78, 5) is 12.4. The SMILES string of the molecule is CC(C)(CO)NC(=O)C1CC12CCCc1ccccc12. The number of aliphatic hydroxyl groups is 1. The zero-order valence-electron chi connectivity index (χ0n) is 12.3. The molecule has 108 valence electrons. The van der Waals surface area contributed by atoms with E-state index in [1.54, 1.807) is 0 Å². The van der Waals surface area contributed by atoms with Crippen LogP contribution in [0, 0.1) is 5.92 Å². The van der Waals surface area contributed by atoms with Gasteiger partial charge >= 0.3 is 0 Å². The maximum absolute atomic E-state index is 12.4. The highest BCUT2D eigenvalue weighted by Crippen LogP contribution is 2.60. The van der Waals surface area contributed by atoms with Crippen LogP contribution >= 0.6 is 0 Å². The molecule has 0 aliphatic heterocycles. The number of hydrogen-bond acceptors (Lipinski definition) is 2. The maximum Gasteiger partial charge on any atom is 0.224 e. The number of carbonyl (C=O) groups excluding carboxylic acids is 1. The number of aryl methyl sites for hydroxylation is 1. The van der Waals surface area contributed by atoms with E-state index in [0.29, 0.717) is 0 Å². The predicted octanol–water partition coefficient (Wildman–Crippen LogP) is 2.17. The molecule has 2 N–H and O–H groups in total. The molecule has 2 aliphatic carbocycles. The number of amides is 1. The van der Waals surface area contributed by atoms with E-state index in [0.717, 1.165) is 19.3 Å². The van der Waals surface area contributed by atoms with Crippen LogP contribution in [0.4, 0.5) is 0 Å². The number of aliphatic hydroxyl groups excluding tert-OH is 1. The van der Waals surface area contributed by atoms with E-state index in [1.165, 1.54) is 17.5 Å². The number of fused-ring (bicyclic) bond motifs is 2. The molecule has 1 fully saturated rings. The van der Waals surface area contributed by atoms with E-state index in [9.17, 15) is 9.90 Å². The van der Waals surface area contributed by atoms with Crippen LogP contribution in [0.1, 0.15) is 44.2 Å². The minimum atomic E-state index is -0.533. The smallest absolute Gasteiger partial charge is 0.224 e. The Morgan fingerprint density at radius 1 is 1.45 bits per heavy atom. The summed E-state index contributed by atoms with van der Waals surface area (Å²) in [5, 5.41) is 12.3. The molecule has 0 radical (unpaired) electrons. The summed E-state index contributed by atoms with van der Waals surface area (Å²) in [6, 6.07) is 8.56. The van der Waals surface area contributed by atoms with Crippen molar-refractivity contribution in [2.24, 2.45) is 5.92 Å². The Kier molecular flexibility index (Phi) is 3.13. The van der Waals surface area contributed by atoms with Crippen LogP contribution in [-0.4, -0.2) is 23.2 Å². The van der Waals surface area contributed by atoms with Crippen molar-refractivity contribution >= 4 is 5.91 Å². The van der Waals surface area contributed by atoms with Gasteiger partial charge in [0.1, 0.15) is 0 Å². The fraction of sp³-hybridized carbons (Fsp3) is 0.588. The Morgan fingerprint density at radius 3 is 2.95 bits per heavy atom. The molecule has 20 heavy (non-hydrogen) atoms. The fourth-order valence-electron chi connectivity index (χ4n) is 3.64. The summed E-state index contributed by atoms with van der Waals surface area (Å²) >= 11 is 0. The molecule has 3 rings (SSSR count). The standard InChI is InChI=1S/C17H23NO2/c1-16(2,11-19)18-15(20)14-10-17(14)9-5-7-12-6-3-4-8-13(12)17/h3-4,6,8,14,19H,5,7,9-11H2,1-2H3,(H,18,20). The summed E-state index contributed by atoms with van der Waals surface area (Å²) in [6.45, 7) is 3.68. The quantitative estimate of drug-likeness (QED) is 0.886. The summed E-state index contributed by atoms with van der Waals surface area (Å²) < 4.78 is 0. The average Bonchev–Trinajstić information content (AvgIpc) is 3.14. The van der Waals surface area contributed by atoms with Gasteiger partial charge in [0.2, 0.25) is 5.91 Å². The number of rotatable bonds is 3. The van der Waals surface area contributed by atoms with Gasteiger partial charge in [-0.25, -0.2) is 0 Å². The lowest BCUT2D eigenvalue weighted by Gasteiger charge is -2.28. The number of carbonyl (C=O) groups is 1. The first-order chi connectivity index (χ1) is 9.48. The van der Waals surface area contributed by atoms with E-state index in [1.807, 2.05) is 13.8 Å². The van der Waals surface area contributed by atoms with Gasteiger partial charge in [-0.2, -0.15) is 0 Å². The number of benzene rings is 1. The summed E-state index contributed by atoms with van der Waals surface area (Å²) in [6.07, 6.45) is 4.37. The number of nitrogens with one attached hydrogen (secondary N) is 1. The van der Waals surface area contributed by atoms with E-state index >= 15 is 0 Å². The Bertz CT molecular complexity index is 538. The van der Waals surface area contributed by atoms with Gasteiger partial charge in [0.15, 0.2) is 0 Å². The topological polar surface area (TPSA) is 49.3 Å². The van der Waals surface area contributed by atoms with E-state index in [4.69, 9.17) is 0 Å². The van der Waals surface area contributed by atoms with E-state index in [2.05, 4.69) is 29.6 Å². The van der Waals surface area contributed by atoms with Gasteiger partial charge in [0, 0.05) is 11.3 Å². The van der Waals surface area contributed by atoms with Gasteiger partial charge in [-0.1, -0.05) is 24.3 Å². The van der Waals surface area contributed by atoms with Crippen LogP contribution in [0.2, 0.25) is 0 Å². The molecule has 3 nitrogen and oxygen atoms in total. The monoisotopic (exact) mass is 273 g/mol. The molecule has 0 saturated heterocycles. The van der Waals surface area contributed by atoms with Crippen LogP contribution in [0.25, 0.3) is 0 Å². The van der Waals surface area contributed by atoms with Gasteiger partial charge in [0.05, 0.1) is 12.1 Å². The average molecular weight is 273 g/mol. The predicted molar refractivity (Wildman–Crippen MR) is 78.5 cm³/mol. The molecule has 2 aliphatic rings. The third kappa shape index (κ3) is 2.14. The first-order valence-electron chi connectivity index (χ1n) is 7.50. The number of hydrogen-bond donors (Lipinski definition) is 2. The van der Waals surface area contributed by atoms with Crippen LogP contribution in [0.5, 0.6) is 0 Å². The summed E-state index contributed by atoms with van der Waals surface area (Å²) in [7, 11) is 0. The highest BCUT2D eigenvalue weighted by atomic mass is 16.3. The third-order valence-corrected chi connectivity index (χ3v) is 4.87. The molecule has 3 heteroatoms. The molecule has 1 amide bonds. The second-order valence-electron chi connectivity index (χ2n) is 6.95. The highest BCUT2D eigenvalue weighted by Gasteiger charge is 2.60. The van der Waals surface area contributed by atoms with Crippen LogP contribution < -0.4 is 5.32 Å². The molecule has 1 aromatic rings. The van der Waals surface area contributed by atoms with Crippen molar-refractivity contribution < 1.29 is 9.90 Å². The molecule has 0 heterocycles. The largest absolute Gasteiger partial charge is 0.394 e. The molecule has 0 aromatic heterocycles. The lowest BCUT2D eigenvalue weighted by atomic mass is 9.78. The molecule has 1 saturated carbocycles. The molecule has 2 atom stereocenters. The Hall–Kier alpha value is -1.35. The van der Waals surface area contributed by atoms with Crippen LogP contribution in [-0.2, 0) is 16.6 Å². The first kappa shape index (κ1) is 13.6. The molecule has 1 aromatic carbocycles. The van der Waals surface area contributed by atoms with Crippen molar-refractivity contribution in [3.05, 3.63) is 35.4 Å². The molecular weight excluding hydrogens is 250 g/mol. The molecular formula is C17H23NO2. The summed E-state index contributed by atoms with van der Waals surface area (Å²) in [5.41, 5.74) is 2.34. The Morgan fingerprint density at radius 2 is 2.20 bits per heavy atom. The van der Waals surface area contributed by atoms with Crippen LogP contribution in [0.3, 0.4) is 0 Å². The molecule has 2 unspecified atom stereocenters. The zero-order valence-corrected chi connectivity index (χ0v) is 12.3. The van der Waals surface area contributed by atoms with Crippen molar-refractivity contribution in [2.45, 2.75) is 50.5 Å². The second-order valence-corrected chi connectivity index (χ2v) is 6.95. The van der Waals surface area contributed by atoms with Crippen molar-refractivity contribution in [2.75, 3.05) is 6.61 Å². The van der Waals surface area contributed by atoms with Crippen molar-refractivity contribution in [1.82, 2.24) is 5.32 Å². The third-order valence-electron chi connectivity index (χ3n) is 4.87. The van der Waals surface area contributed by atoms with Crippen molar-refractivity contribution in [3.8, 4) is 0 Å². The fourth-order valence-corrected chi connectivity index (χ4v) is 3.64. The van der Waals surface area contributed by atoms with Gasteiger partial charge in [-0.05, 0) is 50.7 Å². The lowest BCUT2D eigenvalue weighted by molar-refractivity contribution is -0.124. The maximum atomic E-state index is 12.4.